The number of fused-ring (bicyclic) bond motifs is 1. The van der Waals surface area contributed by atoms with E-state index in [2.05, 4.69) is 25.4 Å². The van der Waals surface area contributed by atoms with Crippen molar-refractivity contribution in [2.45, 2.75) is 19.8 Å². The molecule has 0 atom stereocenters. The van der Waals surface area contributed by atoms with E-state index in [0.29, 0.717) is 5.92 Å². The third-order valence-electron chi connectivity index (χ3n) is 2.73. The van der Waals surface area contributed by atoms with Gasteiger partial charge >= 0.3 is 0 Å². The van der Waals surface area contributed by atoms with Crippen LogP contribution in [0.2, 0.25) is 0 Å². The fraction of sp³-hybridized carbons (Fsp3) is 0.214. The van der Waals surface area contributed by atoms with Crippen LogP contribution in [-0.4, -0.2) is 10.1 Å². The van der Waals surface area contributed by atoms with Gasteiger partial charge in [-0.1, -0.05) is 38.6 Å². The lowest BCUT2D eigenvalue weighted by Crippen LogP contribution is -1.94. The molecule has 2 heteroatoms. The van der Waals surface area contributed by atoms with E-state index in [1.54, 1.807) is 6.20 Å². The summed E-state index contributed by atoms with van der Waals surface area (Å²) in [5.74, 6) is 0.506. The molecule has 0 aliphatic heterocycles. The maximum atomic E-state index is 9.53. The normalized spacial score (nSPS) is 10.9. The highest BCUT2D eigenvalue weighted by Crippen LogP contribution is 2.28. The van der Waals surface area contributed by atoms with Gasteiger partial charge in [0.25, 0.3) is 0 Å². The van der Waals surface area contributed by atoms with Gasteiger partial charge in [0.1, 0.15) is 5.76 Å². The van der Waals surface area contributed by atoms with Crippen molar-refractivity contribution in [2.24, 2.45) is 0 Å². The van der Waals surface area contributed by atoms with Gasteiger partial charge in [0.2, 0.25) is 0 Å². The second kappa shape index (κ2) is 3.97. The van der Waals surface area contributed by atoms with E-state index in [9.17, 15) is 5.11 Å². The van der Waals surface area contributed by atoms with E-state index in [1.807, 2.05) is 24.3 Å². The van der Waals surface area contributed by atoms with Crippen molar-refractivity contribution >= 4 is 16.7 Å². The number of aromatic nitrogens is 1. The summed E-state index contributed by atoms with van der Waals surface area (Å²) >= 11 is 0. The Labute approximate surface area is 95.3 Å². The fourth-order valence-electron chi connectivity index (χ4n) is 1.91. The van der Waals surface area contributed by atoms with Gasteiger partial charge < -0.3 is 5.11 Å². The molecule has 0 radical (unpaired) electrons. The molecule has 0 fully saturated rings. The lowest BCUT2D eigenvalue weighted by molar-refractivity contribution is 0.514. The van der Waals surface area contributed by atoms with E-state index in [-0.39, 0.29) is 5.76 Å². The fourth-order valence-corrected chi connectivity index (χ4v) is 1.91. The van der Waals surface area contributed by atoms with Gasteiger partial charge in [-0.2, -0.15) is 0 Å². The molecule has 0 aliphatic rings. The number of hydrogen-bond acceptors (Lipinski definition) is 2. The van der Waals surface area contributed by atoms with Crippen molar-refractivity contribution in [1.82, 2.24) is 4.98 Å². The number of hydrogen-bond donors (Lipinski definition) is 1. The average Bonchev–Trinajstić information content (AvgIpc) is 2.27. The predicted molar refractivity (Wildman–Crippen MR) is 67.5 cm³/mol. The standard InChI is InChI=1S/C14H15NO/c1-9(2)11-6-7-12(10(3)16)13-5-4-8-15-14(11)13/h4-9,16H,3H2,1-2H3. The van der Waals surface area contributed by atoms with Crippen LogP contribution in [0.3, 0.4) is 0 Å². The van der Waals surface area contributed by atoms with Crippen LogP contribution in [0.25, 0.3) is 16.7 Å². The Bertz CT molecular complexity index is 543. The maximum absolute atomic E-state index is 9.53. The molecule has 82 valence electrons. The molecule has 1 aromatic carbocycles. The SMILES string of the molecule is C=C(O)c1ccc(C(C)C)c2ncccc12. The Kier molecular flexibility index (Phi) is 2.65. The van der Waals surface area contributed by atoms with Gasteiger partial charge in [-0.25, -0.2) is 0 Å². The van der Waals surface area contributed by atoms with E-state index >= 15 is 0 Å². The number of pyridine rings is 1. The van der Waals surface area contributed by atoms with Crippen LogP contribution in [0.4, 0.5) is 0 Å². The van der Waals surface area contributed by atoms with Gasteiger partial charge in [-0.15, -0.1) is 0 Å². The highest BCUT2D eigenvalue weighted by Gasteiger charge is 2.10. The quantitative estimate of drug-likeness (QED) is 0.768. The molecule has 0 aliphatic carbocycles. The topological polar surface area (TPSA) is 33.1 Å². The molecule has 1 aromatic heterocycles. The first kappa shape index (κ1) is 10.7. The number of aliphatic hydroxyl groups is 1. The average molecular weight is 213 g/mol. The summed E-state index contributed by atoms with van der Waals surface area (Å²) in [5, 5.41) is 10.5. The van der Waals surface area contributed by atoms with Crippen LogP contribution < -0.4 is 0 Å². The molecule has 1 heterocycles. The predicted octanol–water partition coefficient (Wildman–Crippen LogP) is 3.89. The summed E-state index contributed by atoms with van der Waals surface area (Å²) in [6.07, 6.45) is 1.78. The second-order valence-corrected chi connectivity index (χ2v) is 4.20. The first-order valence-corrected chi connectivity index (χ1v) is 5.37. The first-order valence-electron chi connectivity index (χ1n) is 5.37. The van der Waals surface area contributed by atoms with Crippen LogP contribution in [-0.2, 0) is 0 Å². The van der Waals surface area contributed by atoms with E-state index in [0.717, 1.165) is 16.5 Å². The minimum absolute atomic E-state index is 0.0910. The Morgan fingerprint density at radius 1 is 1.31 bits per heavy atom. The van der Waals surface area contributed by atoms with Gasteiger partial charge in [0.15, 0.2) is 0 Å². The summed E-state index contributed by atoms with van der Waals surface area (Å²) in [7, 11) is 0. The molecular formula is C14H15NO. The van der Waals surface area contributed by atoms with Gasteiger partial charge in [-0.3, -0.25) is 4.98 Å². The largest absolute Gasteiger partial charge is 0.508 e. The minimum atomic E-state index is 0.0910. The molecule has 0 unspecified atom stereocenters. The smallest absolute Gasteiger partial charge is 0.116 e. The Hall–Kier alpha value is -1.83. The number of aliphatic hydroxyl groups excluding tert-OH is 1. The van der Waals surface area contributed by atoms with Gasteiger partial charge in [0.05, 0.1) is 5.52 Å². The summed E-state index contributed by atoms with van der Waals surface area (Å²) < 4.78 is 0. The van der Waals surface area contributed by atoms with Crippen molar-refractivity contribution in [1.29, 1.82) is 0 Å². The van der Waals surface area contributed by atoms with Gasteiger partial charge in [-0.05, 0) is 17.5 Å². The summed E-state index contributed by atoms with van der Waals surface area (Å²) in [6.45, 7) is 7.85. The third-order valence-corrected chi connectivity index (χ3v) is 2.73. The molecule has 1 N–H and O–H groups in total. The minimum Gasteiger partial charge on any atom is -0.508 e. The zero-order chi connectivity index (χ0) is 11.7. The summed E-state index contributed by atoms with van der Waals surface area (Å²) in [5.41, 5.74) is 2.90. The van der Waals surface area contributed by atoms with E-state index in [4.69, 9.17) is 0 Å². The number of nitrogens with zero attached hydrogens (tertiary/aromatic N) is 1. The number of benzene rings is 1. The molecule has 0 spiro atoms. The van der Waals surface area contributed by atoms with Crippen molar-refractivity contribution < 1.29 is 5.11 Å². The maximum Gasteiger partial charge on any atom is 0.116 e. The molecule has 2 aromatic rings. The second-order valence-electron chi connectivity index (χ2n) is 4.20. The Morgan fingerprint density at radius 3 is 2.69 bits per heavy atom. The number of rotatable bonds is 2. The zero-order valence-corrected chi connectivity index (χ0v) is 9.57. The van der Waals surface area contributed by atoms with Crippen LogP contribution >= 0.6 is 0 Å². The molecular weight excluding hydrogens is 198 g/mol. The lowest BCUT2D eigenvalue weighted by Gasteiger charge is -2.11. The van der Waals surface area contributed by atoms with Crippen molar-refractivity contribution in [2.75, 3.05) is 0 Å². The molecule has 2 nitrogen and oxygen atoms in total. The van der Waals surface area contributed by atoms with Crippen molar-refractivity contribution in [3.8, 4) is 0 Å². The summed E-state index contributed by atoms with van der Waals surface area (Å²) in [4.78, 5) is 4.39. The van der Waals surface area contributed by atoms with Gasteiger partial charge in [0, 0.05) is 17.1 Å². The van der Waals surface area contributed by atoms with Crippen LogP contribution in [0.15, 0.2) is 37.0 Å². The summed E-state index contributed by atoms with van der Waals surface area (Å²) in [6, 6.07) is 7.75. The van der Waals surface area contributed by atoms with Crippen LogP contribution in [0, 0.1) is 0 Å². The highest BCUT2D eigenvalue weighted by atomic mass is 16.3. The molecule has 2 rings (SSSR count). The molecule has 0 saturated heterocycles. The van der Waals surface area contributed by atoms with Crippen molar-refractivity contribution in [3.63, 3.8) is 0 Å². The highest BCUT2D eigenvalue weighted by molar-refractivity contribution is 5.91. The van der Waals surface area contributed by atoms with Crippen molar-refractivity contribution in [3.05, 3.63) is 48.2 Å². The molecule has 0 bridgehead atoms. The third kappa shape index (κ3) is 1.67. The van der Waals surface area contributed by atoms with E-state index in [1.165, 1.54) is 5.56 Å². The molecule has 0 amide bonds. The zero-order valence-electron chi connectivity index (χ0n) is 9.57. The first-order chi connectivity index (χ1) is 7.61. The van der Waals surface area contributed by atoms with Crippen LogP contribution in [0.1, 0.15) is 30.9 Å². The Balaban J connectivity index is 2.82. The lowest BCUT2D eigenvalue weighted by atomic mass is 9.96. The van der Waals surface area contributed by atoms with E-state index < -0.39 is 0 Å². The molecule has 16 heavy (non-hydrogen) atoms. The van der Waals surface area contributed by atoms with Crippen LogP contribution in [0.5, 0.6) is 0 Å². The molecule has 0 saturated carbocycles. The monoisotopic (exact) mass is 213 g/mol. The Morgan fingerprint density at radius 2 is 2.06 bits per heavy atom.